The van der Waals surface area contributed by atoms with Gasteiger partial charge in [-0.25, -0.2) is 13.1 Å². The van der Waals surface area contributed by atoms with Crippen LogP contribution in [0, 0.1) is 5.41 Å². The van der Waals surface area contributed by atoms with Crippen LogP contribution in [0.25, 0.3) is 0 Å². The van der Waals surface area contributed by atoms with E-state index in [1.165, 1.54) is 0 Å². The molecular weight excluding hydrogens is 356 g/mol. The second-order valence-electron chi connectivity index (χ2n) is 6.46. The van der Waals surface area contributed by atoms with E-state index in [2.05, 4.69) is 39.8 Å². The topological polar surface area (TPSA) is 71.3 Å². The van der Waals surface area contributed by atoms with Gasteiger partial charge in [-0.1, -0.05) is 20.3 Å². The van der Waals surface area contributed by atoms with Crippen molar-refractivity contribution >= 4 is 26.0 Å². The van der Waals surface area contributed by atoms with E-state index in [4.69, 9.17) is 4.42 Å². The van der Waals surface area contributed by atoms with Crippen molar-refractivity contribution < 1.29 is 12.8 Å². The van der Waals surface area contributed by atoms with E-state index in [9.17, 15) is 8.42 Å². The molecule has 0 radical (unpaired) electrons. The van der Waals surface area contributed by atoms with Gasteiger partial charge in [0.05, 0.1) is 6.54 Å². The molecule has 1 saturated carbocycles. The predicted octanol–water partition coefficient (Wildman–Crippen LogP) is 3.01. The van der Waals surface area contributed by atoms with Crippen LogP contribution in [0.5, 0.6) is 0 Å². The fourth-order valence-electron chi connectivity index (χ4n) is 2.92. The average Bonchev–Trinajstić information content (AvgIpc) is 2.69. The molecule has 1 aliphatic carbocycles. The summed E-state index contributed by atoms with van der Waals surface area (Å²) in [5.74, 6) is 0.591. The van der Waals surface area contributed by atoms with Crippen LogP contribution >= 0.6 is 15.9 Å². The van der Waals surface area contributed by atoms with Crippen molar-refractivity contribution in [1.29, 1.82) is 0 Å². The molecule has 1 atom stereocenters. The molecule has 1 aromatic heterocycles. The maximum atomic E-state index is 12.5. The Morgan fingerprint density at radius 3 is 2.81 bits per heavy atom. The normalized spacial score (nSPS) is 22.4. The van der Waals surface area contributed by atoms with E-state index in [0.29, 0.717) is 12.3 Å². The summed E-state index contributed by atoms with van der Waals surface area (Å²) in [5.41, 5.74) is 0.191. The molecule has 21 heavy (non-hydrogen) atoms. The van der Waals surface area contributed by atoms with E-state index >= 15 is 0 Å². The van der Waals surface area contributed by atoms with E-state index in [0.717, 1.165) is 25.7 Å². The summed E-state index contributed by atoms with van der Waals surface area (Å²) in [6.07, 6.45) is 3.96. The minimum absolute atomic E-state index is 0.00620. The highest BCUT2D eigenvalue weighted by Gasteiger charge is 2.32. The smallest absolute Gasteiger partial charge is 0.245 e. The summed E-state index contributed by atoms with van der Waals surface area (Å²) >= 11 is 3.20. The van der Waals surface area contributed by atoms with Gasteiger partial charge in [0.2, 0.25) is 10.0 Å². The first-order chi connectivity index (χ1) is 9.73. The van der Waals surface area contributed by atoms with Crippen molar-refractivity contribution in [3.63, 3.8) is 0 Å². The van der Waals surface area contributed by atoms with Crippen LogP contribution in [0.3, 0.4) is 0 Å². The molecule has 1 aromatic rings. The van der Waals surface area contributed by atoms with Gasteiger partial charge < -0.3 is 9.73 Å². The number of halogens is 1. The monoisotopic (exact) mass is 378 g/mol. The molecule has 7 heteroatoms. The summed E-state index contributed by atoms with van der Waals surface area (Å²) in [5, 5.41) is 2.94. The number of nitrogens with one attached hydrogen (secondary N) is 2. The van der Waals surface area contributed by atoms with Crippen LogP contribution in [0.15, 0.2) is 20.0 Å². The zero-order chi connectivity index (χ0) is 15.7. The van der Waals surface area contributed by atoms with Gasteiger partial charge in [0.1, 0.15) is 10.7 Å². The molecule has 2 N–H and O–H groups in total. The number of rotatable bonds is 5. The third-order valence-electron chi connectivity index (χ3n) is 3.87. The molecule has 2 rings (SSSR count). The molecule has 120 valence electrons. The highest BCUT2D eigenvalue weighted by molar-refractivity contribution is 9.10. The quantitative estimate of drug-likeness (QED) is 0.825. The lowest BCUT2D eigenvalue weighted by atomic mass is 9.75. The van der Waals surface area contributed by atoms with Crippen LogP contribution in [0.2, 0.25) is 0 Å². The van der Waals surface area contributed by atoms with Gasteiger partial charge in [0, 0.05) is 12.1 Å². The van der Waals surface area contributed by atoms with Gasteiger partial charge in [-0.3, -0.25) is 0 Å². The molecule has 1 heterocycles. The molecule has 1 fully saturated rings. The first kappa shape index (κ1) is 17.0. The lowest BCUT2D eigenvalue weighted by Gasteiger charge is -2.35. The maximum absolute atomic E-state index is 12.5. The van der Waals surface area contributed by atoms with Crippen LogP contribution in [0.1, 0.15) is 45.3 Å². The van der Waals surface area contributed by atoms with Crippen molar-refractivity contribution in [3.8, 4) is 0 Å². The van der Waals surface area contributed by atoms with E-state index in [1.807, 2.05) is 0 Å². The Kier molecular flexibility index (Phi) is 5.18. The highest BCUT2D eigenvalue weighted by atomic mass is 79.9. The third-order valence-corrected chi connectivity index (χ3v) is 6.25. The predicted molar refractivity (Wildman–Crippen MR) is 85.5 cm³/mol. The number of furan rings is 1. The lowest BCUT2D eigenvalue weighted by Crippen LogP contribution is -2.40. The van der Waals surface area contributed by atoms with Crippen molar-refractivity contribution in [2.45, 2.75) is 57.0 Å². The lowest BCUT2D eigenvalue weighted by molar-refractivity contribution is 0.212. The minimum Gasteiger partial charge on any atom is -0.452 e. The van der Waals surface area contributed by atoms with E-state index in [-0.39, 0.29) is 21.0 Å². The Hall–Kier alpha value is -0.370. The van der Waals surface area contributed by atoms with Gasteiger partial charge in [0.25, 0.3) is 0 Å². The summed E-state index contributed by atoms with van der Waals surface area (Å²) in [4.78, 5) is 0.177. The second-order valence-corrected chi connectivity index (χ2v) is 8.86. The molecule has 0 aromatic carbocycles. The second kappa shape index (κ2) is 6.40. The summed E-state index contributed by atoms with van der Waals surface area (Å²) in [7, 11) is -1.77. The minimum atomic E-state index is -3.56. The Morgan fingerprint density at radius 2 is 2.19 bits per heavy atom. The molecule has 0 spiro atoms. The molecule has 0 aliphatic heterocycles. The fourth-order valence-corrected chi connectivity index (χ4v) is 5.19. The molecule has 0 amide bonds. The van der Waals surface area contributed by atoms with Gasteiger partial charge >= 0.3 is 0 Å². The average molecular weight is 379 g/mol. The van der Waals surface area contributed by atoms with E-state index < -0.39 is 10.0 Å². The highest BCUT2D eigenvalue weighted by Crippen LogP contribution is 2.36. The zero-order valence-corrected chi connectivity index (χ0v) is 15.1. The number of hydrogen-bond acceptors (Lipinski definition) is 4. The molecule has 0 saturated heterocycles. The van der Waals surface area contributed by atoms with Gasteiger partial charge in [-0.15, -0.1) is 0 Å². The summed E-state index contributed by atoms with van der Waals surface area (Å²) < 4.78 is 33.5. The van der Waals surface area contributed by atoms with E-state index in [1.54, 1.807) is 13.1 Å². The molecular formula is C14H23BrN2O3S. The van der Waals surface area contributed by atoms with Crippen LogP contribution in [-0.2, 0) is 16.6 Å². The van der Waals surface area contributed by atoms with Gasteiger partial charge in [0.15, 0.2) is 4.67 Å². The molecule has 1 unspecified atom stereocenters. The first-order valence-corrected chi connectivity index (χ1v) is 9.46. The molecule has 5 nitrogen and oxygen atoms in total. The Labute approximate surface area is 135 Å². The van der Waals surface area contributed by atoms with Crippen molar-refractivity contribution in [2.75, 3.05) is 7.05 Å². The maximum Gasteiger partial charge on any atom is 0.245 e. The largest absolute Gasteiger partial charge is 0.452 e. The van der Waals surface area contributed by atoms with Crippen LogP contribution < -0.4 is 10.0 Å². The van der Waals surface area contributed by atoms with Crippen LogP contribution in [0.4, 0.5) is 0 Å². The summed E-state index contributed by atoms with van der Waals surface area (Å²) in [6.45, 7) is 4.86. The SMILES string of the molecule is CNCc1cc(S(=O)(=O)NC2CCCC(C)(C)C2)c(Br)o1. The summed E-state index contributed by atoms with van der Waals surface area (Å²) in [6, 6.07) is 1.56. The molecule has 0 bridgehead atoms. The van der Waals surface area contributed by atoms with Crippen LogP contribution in [-0.4, -0.2) is 21.5 Å². The van der Waals surface area contributed by atoms with Crippen molar-refractivity contribution in [3.05, 3.63) is 16.5 Å². The number of hydrogen-bond donors (Lipinski definition) is 2. The Morgan fingerprint density at radius 1 is 1.48 bits per heavy atom. The first-order valence-electron chi connectivity index (χ1n) is 7.19. The third kappa shape index (κ3) is 4.31. The Bertz CT molecular complexity index is 595. The molecule has 1 aliphatic rings. The fraction of sp³-hybridized carbons (Fsp3) is 0.714. The van der Waals surface area contributed by atoms with Gasteiger partial charge in [-0.2, -0.15) is 0 Å². The van der Waals surface area contributed by atoms with Crippen molar-refractivity contribution in [1.82, 2.24) is 10.0 Å². The van der Waals surface area contributed by atoms with Crippen molar-refractivity contribution in [2.24, 2.45) is 5.41 Å². The Balaban J connectivity index is 2.15. The standard InChI is InChI=1S/C14H23BrN2O3S/c1-14(2)6-4-5-10(8-14)17-21(18,19)12-7-11(9-16-3)20-13(12)15/h7,10,16-17H,4-6,8-9H2,1-3H3. The van der Waals surface area contributed by atoms with Gasteiger partial charge in [-0.05, 0) is 47.7 Å². The zero-order valence-electron chi connectivity index (χ0n) is 12.7. The number of sulfonamides is 1.